The minimum absolute atomic E-state index is 0.263. The molecule has 3 aromatic rings. The van der Waals surface area contributed by atoms with Gasteiger partial charge in [0, 0.05) is 23.9 Å². The van der Waals surface area contributed by atoms with Gasteiger partial charge in [-0.05, 0) is 51.1 Å². The van der Waals surface area contributed by atoms with Crippen molar-refractivity contribution in [3.8, 4) is 5.75 Å². The Kier molecular flexibility index (Phi) is 5.73. The molecule has 146 valence electrons. The van der Waals surface area contributed by atoms with Crippen LogP contribution in [0.4, 0.5) is 14.5 Å². The van der Waals surface area contributed by atoms with Crippen LogP contribution in [-0.4, -0.2) is 17.6 Å². The molecule has 3 rings (SSSR count). The molecule has 0 unspecified atom stereocenters. The summed E-state index contributed by atoms with van der Waals surface area (Å²) in [5.41, 5.74) is 2.27. The van der Waals surface area contributed by atoms with E-state index in [2.05, 4.69) is 5.16 Å². The average molecular weight is 386 g/mol. The fraction of sp³-hybridized carbons (Fsp3) is 0.238. The average Bonchev–Trinajstić information content (AvgIpc) is 3.01. The zero-order valence-corrected chi connectivity index (χ0v) is 15.8. The Labute approximate surface area is 161 Å². The van der Waals surface area contributed by atoms with Crippen LogP contribution in [0.25, 0.3) is 0 Å². The molecule has 28 heavy (non-hydrogen) atoms. The zero-order valence-electron chi connectivity index (χ0n) is 15.8. The van der Waals surface area contributed by atoms with Gasteiger partial charge in [-0.1, -0.05) is 11.2 Å². The number of aromatic nitrogens is 1. The Morgan fingerprint density at radius 2 is 1.93 bits per heavy atom. The normalized spacial score (nSPS) is 10.8. The van der Waals surface area contributed by atoms with Gasteiger partial charge in [0.1, 0.15) is 18.1 Å². The van der Waals surface area contributed by atoms with Crippen molar-refractivity contribution in [2.75, 3.05) is 11.4 Å². The van der Waals surface area contributed by atoms with Crippen molar-refractivity contribution >= 4 is 11.6 Å². The van der Waals surface area contributed by atoms with E-state index in [1.807, 2.05) is 6.92 Å². The second-order valence-corrected chi connectivity index (χ2v) is 6.27. The lowest BCUT2D eigenvalue weighted by Crippen LogP contribution is -2.30. The molecular formula is C21H20F2N2O3. The van der Waals surface area contributed by atoms with Gasteiger partial charge in [0.15, 0.2) is 11.6 Å². The van der Waals surface area contributed by atoms with Gasteiger partial charge in [0.05, 0.1) is 11.3 Å². The molecule has 2 aromatic carbocycles. The van der Waals surface area contributed by atoms with Crippen molar-refractivity contribution in [2.24, 2.45) is 0 Å². The molecule has 5 nitrogen and oxygen atoms in total. The number of ether oxygens (including phenoxy) is 1. The highest BCUT2D eigenvalue weighted by Gasteiger charge is 2.18. The maximum Gasteiger partial charge on any atom is 0.258 e. The van der Waals surface area contributed by atoms with E-state index < -0.39 is 11.6 Å². The summed E-state index contributed by atoms with van der Waals surface area (Å²) in [6.07, 6.45) is 0. The van der Waals surface area contributed by atoms with Crippen LogP contribution in [0.3, 0.4) is 0 Å². The highest BCUT2D eigenvalue weighted by atomic mass is 19.2. The first-order valence-electron chi connectivity index (χ1n) is 8.82. The lowest BCUT2D eigenvalue weighted by Gasteiger charge is -2.21. The monoisotopic (exact) mass is 386 g/mol. The van der Waals surface area contributed by atoms with E-state index in [0.29, 0.717) is 23.6 Å². The minimum Gasteiger partial charge on any atom is -0.489 e. The summed E-state index contributed by atoms with van der Waals surface area (Å²) in [7, 11) is 0. The number of amides is 1. The third-order valence-corrected chi connectivity index (χ3v) is 4.42. The number of carbonyl (C=O) groups is 1. The summed E-state index contributed by atoms with van der Waals surface area (Å²) >= 11 is 0. The number of benzene rings is 2. The minimum atomic E-state index is -1.000. The van der Waals surface area contributed by atoms with Crippen molar-refractivity contribution in [3.63, 3.8) is 0 Å². The largest absolute Gasteiger partial charge is 0.489 e. The Morgan fingerprint density at radius 1 is 1.14 bits per heavy atom. The molecule has 0 fully saturated rings. The number of halogens is 2. The summed E-state index contributed by atoms with van der Waals surface area (Å²) in [6.45, 7) is 5.96. The highest BCUT2D eigenvalue weighted by molar-refractivity contribution is 6.06. The number of hydrogen-bond acceptors (Lipinski definition) is 4. The summed E-state index contributed by atoms with van der Waals surface area (Å²) < 4.78 is 37.6. The summed E-state index contributed by atoms with van der Waals surface area (Å²) in [5, 5.41) is 3.88. The molecule has 0 aliphatic rings. The molecule has 0 spiro atoms. The SMILES string of the molecule is CCN(C(=O)c1cccc(OCc2c(C)noc2C)c1)c1ccc(F)c(F)c1. The summed E-state index contributed by atoms with van der Waals surface area (Å²) in [5.74, 6) is -1.11. The Balaban J connectivity index is 1.79. The van der Waals surface area contributed by atoms with Crippen molar-refractivity contribution < 1.29 is 22.8 Å². The Hall–Kier alpha value is -3.22. The molecular weight excluding hydrogens is 366 g/mol. The first-order valence-corrected chi connectivity index (χ1v) is 8.82. The van der Waals surface area contributed by atoms with Gasteiger partial charge < -0.3 is 14.2 Å². The number of anilines is 1. The third kappa shape index (κ3) is 4.03. The van der Waals surface area contributed by atoms with E-state index in [1.54, 1.807) is 38.1 Å². The standard InChI is InChI=1S/C21H20F2N2O3/c1-4-25(16-8-9-19(22)20(23)11-16)21(26)15-6-5-7-17(10-15)27-12-18-13(2)24-28-14(18)3/h5-11H,4,12H2,1-3H3. The maximum atomic E-state index is 13.6. The molecule has 0 atom stereocenters. The predicted molar refractivity (Wildman–Crippen MR) is 100 cm³/mol. The van der Waals surface area contributed by atoms with Crippen LogP contribution in [0.2, 0.25) is 0 Å². The number of carbonyl (C=O) groups excluding carboxylic acids is 1. The number of rotatable bonds is 6. The van der Waals surface area contributed by atoms with Crippen LogP contribution in [0.15, 0.2) is 47.0 Å². The molecule has 0 saturated heterocycles. The van der Waals surface area contributed by atoms with Crippen LogP contribution in [0, 0.1) is 25.5 Å². The molecule has 1 aromatic heterocycles. The topological polar surface area (TPSA) is 55.6 Å². The van der Waals surface area contributed by atoms with Crippen LogP contribution < -0.4 is 9.64 Å². The van der Waals surface area contributed by atoms with Crippen molar-refractivity contribution in [3.05, 3.63) is 76.7 Å². The molecule has 0 aliphatic heterocycles. The third-order valence-electron chi connectivity index (χ3n) is 4.42. The predicted octanol–water partition coefficient (Wildman–Crippen LogP) is 4.82. The van der Waals surface area contributed by atoms with Crippen LogP contribution >= 0.6 is 0 Å². The van der Waals surface area contributed by atoms with E-state index in [1.165, 1.54) is 11.0 Å². The molecule has 7 heteroatoms. The molecule has 1 amide bonds. The lowest BCUT2D eigenvalue weighted by atomic mass is 10.1. The van der Waals surface area contributed by atoms with E-state index in [0.717, 1.165) is 23.4 Å². The Bertz CT molecular complexity index is 982. The second kappa shape index (κ2) is 8.21. The van der Waals surface area contributed by atoms with Crippen molar-refractivity contribution in [1.82, 2.24) is 5.16 Å². The van der Waals surface area contributed by atoms with E-state index in [-0.39, 0.29) is 18.2 Å². The van der Waals surface area contributed by atoms with Crippen molar-refractivity contribution in [2.45, 2.75) is 27.4 Å². The van der Waals surface area contributed by atoms with Crippen LogP contribution in [0.5, 0.6) is 5.75 Å². The van der Waals surface area contributed by atoms with Gasteiger partial charge >= 0.3 is 0 Å². The quantitative estimate of drug-likeness (QED) is 0.610. The van der Waals surface area contributed by atoms with E-state index in [4.69, 9.17) is 9.26 Å². The van der Waals surface area contributed by atoms with Gasteiger partial charge in [0.2, 0.25) is 0 Å². The lowest BCUT2D eigenvalue weighted by molar-refractivity contribution is 0.0987. The van der Waals surface area contributed by atoms with Gasteiger partial charge in [0.25, 0.3) is 5.91 Å². The smallest absolute Gasteiger partial charge is 0.258 e. The summed E-state index contributed by atoms with van der Waals surface area (Å²) in [4.78, 5) is 14.3. The fourth-order valence-corrected chi connectivity index (χ4v) is 2.83. The molecule has 0 saturated carbocycles. The molecule has 0 N–H and O–H groups in total. The molecule has 0 radical (unpaired) electrons. The Morgan fingerprint density at radius 3 is 2.57 bits per heavy atom. The van der Waals surface area contributed by atoms with Crippen molar-refractivity contribution in [1.29, 1.82) is 0 Å². The van der Waals surface area contributed by atoms with Gasteiger partial charge in [-0.3, -0.25) is 4.79 Å². The maximum absolute atomic E-state index is 13.6. The molecule has 1 heterocycles. The van der Waals surface area contributed by atoms with Crippen LogP contribution in [-0.2, 0) is 6.61 Å². The second-order valence-electron chi connectivity index (χ2n) is 6.27. The highest BCUT2D eigenvalue weighted by Crippen LogP contribution is 2.23. The fourth-order valence-electron chi connectivity index (χ4n) is 2.83. The van der Waals surface area contributed by atoms with E-state index >= 15 is 0 Å². The first kappa shape index (κ1) is 19.5. The van der Waals surface area contributed by atoms with Crippen LogP contribution in [0.1, 0.15) is 34.3 Å². The first-order chi connectivity index (χ1) is 13.4. The van der Waals surface area contributed by atoms with Gasteiger partial charge in [-0.25, -0.2) is 8.78 Å². The number of aryl methyl sites for hydroxylation is 2. The number of nitrogens with zero attached hydrogens (tertiary/aromatic N) is 2. The van der Waals surface area contributed by atoms with Gasteiger partial charge in [-0.2, -0.15) is 0 Å². The zero-order chi connectivity index (χ0) is 20.3. The molecule has 0 aliphatic carbocycles. The van der Waals surface area contributed by atoms with Gasteiger partial charge in [-0.15, -0.1) is 0 Å². The molecule has 0 bridgehead atoms. The number of hydrogen-bond donors (Lipinski definition) is 0. The van der Waals surface area contributed by atoms with E-state index in [9.17, 15) is 13.6 Å². The summed E-state index contributed by atoms with van der Waals surface area (Å²) in [6, 6.07) is 10.1.